The van der Waals surface area contributed by atoms with Gasteiger partial charge in [-0.25, -0.2) is 14.8 Å². The zero-order valence-electron chi connectivity index (χ0n) is 7.92. The van der Waals surface area contributed by atoms with E-state index in [1.807, 2.05) is 6.20 Å². The van der Waals surface area contributed by atoms with Crippen LogP contribution >= 0.6 is 0 Å². The first-order valence-corrected chi connectivity index (χ1v) is 4.82. The quantitative estimate of drug-likeness (QED) is 0.798. The number of carboxylic acid groups (broad SMARTS) is 1. The largest absolute Gasteiger partial charge is 0.476 e. The van der Waals surface area contributed by atoms with Gasteiger partial charge in [-0.1, -0.05) is 0 Å². The Balaban J connectivity index is 2.23. The molecule has 0 bridgehead atoms. The zero-order valence-corrected chi connectivity index (χ0v) is 7.92. The third kappa shape index (κ3) is 1.27. The van der Waals surface area contributed by atoms with Crippen LogP contribution in [-0.2, 0) is 0 Å². The molecular weight excluding hydrogens is 194 g/mol. The lowest BCUT2D eigenvalue weighted by Crippen LogP contribution is -2.03. The Morgan fingerprint density at radius 3 is 3.00 bits per heavy atom. The fraction of sp³-hybridized carbons (Fsp3) is 0.300. The normalized spacial score (nSPS) is 15.7. The average molecular weight is 203 g/mol. The van der Waals surface area contributed by atoms with Crippen molar-refractivity contribution >= 4 is 11.6 Å². The van der Waals surface area contributed by atoms with Gasteiger partial charge in [-0.2, -0.15) is 0 Å². The van der Waals surface area contributed by atoms with Crippen LogP contribution < -0.4 is 0 Å². The van der Waals surface area contributed by atoms with Crippen LogP contribution in [0.1, 0.15) is 34.9 Å². The van der Waals surface area contributed by atoms with Gasteiger partial charge in [-0.15, -0.1) is 0 Å². The van der Waals surface area contributed by atoms with E-state index in [-0.39, 0.29) is 5.69 Å². The molecule has 1 aliphatic rings. The van der Waals surface area contributed by atoms with Gasteiger partial charge in [-0.3, -0.25) is 0 Å². The van der Waals surface area contributed by atoms with Gasteiger partial charge in [0.25, 0.3) is 0 Å². The molecule has 76 valence electrons. The molecule has 3 rings (SSSR count). The van der Waals surface area contributed by atoms with Gasteiger partial charge in [0.2, 0.25) is 0 Å². The number of aromatic carboxylic acids is 1. The molecule has 0 aromatic carbocycles. The SMILES string of the molecule is O=C(O)c1nccn2cc(C3CC3)nc12. The molecule has 2 aromatic heterocycles. The molecule has 1 N–H and O–H groups in total. The number of carboxylic acids is 1. The van der Waals surface area contributed by atoms with Crippen LogP contribution in [0.3, 0.4) is 0 Å². The number of nitrogens with zero attached hydrogens (tertiary/aromatic N) is 3. The first-order valence-electron chi connectivity index (χ1n) is 4.82. The fourth-order valence-corrected chi connectivity index (χ4v) is 1.67. The number of rotatable bonds is 2. The molecule has 0 spiro atoms. The van der Waals surface area contributed by atoms with Gasteiger partial charge >= 0.3 is 5.97 Å². The van der Waals surface area contributed by atoms with Crippen molar-refractivity contribution in [2.75, 3.05) is 0 Å². The average Bonchev–Trinajstić information content (AvgIpc) is 2.96. The lowest BCUT2D eigenvalue weighted by molar-refractivity contribution is 0.0692. The van der Waals surface area contributed by atoms with Crippen molar-refractivity contribution in [2.45, 2.75) is 18.8 Å². The molecule has 5 heteroatoms. The first-order chi connectivity index (χ1) is 7.25. The first kappa shape index (κ1) is 8.40. The topological polar surface area (TPSA) is 67.5 Å². The molecule has 0 saturated heterocycles. The van der Waals surface area contributed by atoms with Gasteiger partial charge in [-0.05, 0) is 12.8 Å². The van der Waals surface area contributed by atoms with Crippen LogP contribution in [0.4, 0.5) is 0 Å². The Morgan fingerprint density at radius 1 is 1.53 bits per heavy atom. The summed E-state index contributed by atoms with van der Waals surface area (Å²) in [5.74, 6) is -0.514. The number of fused-ring (bicyclic) bond motifs is 1. The second-order valence-electron chi connectivity index (χ2n) is 3.75. The van der Waals surface area contributed by atoms with E-state index >= 15 is 0 Å². The van der Waals surface area contributed by atoms with Crippen LogP contribution in [-0.4, -0.2) is 25.4 Å². The Labute approximate surface area is 85.4 Å². The smallest absolute Gasteiger partial charge is 0.358 e. The van der Waals surface area contributed by atoms with E-state index in [1.165, 1.54) is 6.20 Å². The summed E-state index contributed by atoms with van der Waals surface area (Å²) >= 11 is 0. The molecule has 1 saturated carbocycles. The van der Waals surface area contributed by atoms with Crippen molar-refractivity contribution in [2.24, 2.45) is 0 Å². The molecular formula is C10H9N3O2. The zero-order chi connectivity index (χ0) is 10.4. The predicted molar refractivity (Wildman–Crippen MR) is 51.9 cm³/mol. The second-order valence-corrected chi connectivity index (χ2v) is 3.75. The monoisotopic (exact) mass is 203 g/mol. The minimum Gasteiger partial charge on any atom is -0.476 e. The van der Waals surface area contributed by atoms with Crippen LogP contribution in [0.2, 0.25) is 0 Å². The van der Waals surface area contributed by atoms with E-state index in [0.29, 0.717) is 11.6 Å². The summed E-state index contributed by atoms with van der Waals surface area (Å²) in [4.78, 5) is 19.0. The summed E-state index contributed by atoms with van der Waals surface area (Å²) in [5, 5.41) is 8.93. The molecule has 2 aromatic rings. The summed E-state index contributed by atoms with van der Waals surface area (Å²) in [7, 11) is 0. The highest BCUT2D eigenvalue weighted by Gasteiger charge is 2.27. The molecule has 2 heterocycles. The molecule has 0 aliphatic heterocycles. The maximum Gasteiger partial charge on any atom is 0.358 e. The van der Waals surface area contributed by atoms with Crippen molar-refractivity contribution in [3.63, 3.8) is 0 Å². The highest BCUT2D eigenvalue weighted by Crippen LogP contribution is 2.39. The van der Waals surface area contributed by atoms with Gasteiger partial charge in [0, 0.05) is 24.5 Å². The van der Waals surface area contributed by atoms with Gasteiger partial charge < -0.3 is 9.51 Å². The minimum atomic E-state index is -1.03. The molecule has 5 nitrogen and oxygen atoms in total. The van der Waals surface area contributed by atoms with Crippen molar-refractivity contribution in [3.8, 4) is 0 Å². The number of hydrogen-bond acceptors (Lipinski definition) is 3. The Morgan fingerprint density at radius 2 is 2.33 bits per heavy atom. The molecule has 0 unspecified atom stereocenters. The third-order valence-electron chi connectivity index (χ3n) is 2.59. The molecule has 0 radical (unpaired) electrons. The predicted octanol–water partition coefficient (Wildman–Crippen LogP) is 1.30. The molecule has 0 atom stereocenters. The summed E-state index contributed by atoms with van der Waals surface area (Å²) in [5.41, 5.74) is 1.43. The summed E-state index contributed by atoms with van der Waals surface area (Å²) in [6.45, 7) is 0. The van der Waals surface area contributed by atoms with Crippen LogP contribution in [0, 0.1) is 0 Å². The van der Waals surface area contributed by atoms with Crippen molar-refractivity contribution in [3.05, 3.63) is 30.0 Å². The summed E-state index contributed by atoms with van der Waals surface area (Å²) in [6, 6.07) is 0. The Kier molecular flexibility index (Phi) is 1.56. The van der Waals surface area contributed by atoms with E-state index in [0.717, 1.165) is 18.5 Å². The number of carbonyl (C=O) groups is 1. The van der Waals surface area contributed by atoms with E-state index in [1.54, 1.807) is 10.6 Å². The Hall–Kier alpha value is -1.91. The number of aromatic nitrogens is 3. The lowest BCUT2D eigenvalue weighted by atomic mass is 10.3. The van der Waals surface area contributed by atoms with Gasteiger partial charge in [0.1, 0.15) is 0 Å². The fourth-order valence-electron chi connectivity index (χ4n) is 1.67. The lowest BCUT2D eigenvalue weighted by Gasteiger charge is -1.95. The minimum absolute atomic E-state index is 0.0180. The van der Waals surface area contributed by atoms with E-state index in [4.69, 9.17) is 5.11 Å². The van der Waals surface area contributed by atoms with Crippen molar-refractivity contribution < 1.29 is 9.90 Å². The maximum atomic E-state index is 10.9. The molecule has 1 aliphatic carbocycles. The van der Waals surface area contributed by atoms with Crippen LogP contribution in [0.5, 0.6) is 0 Å². The third-order valence-corrected chi connectivity index (χ3v) is 2.59. The van der Waals surface area contributed by atoms with Crippen molar-refractivity contribution in [1.29, 1.82) is 0 Å². The van der Waals surface area contributed by atoms with Gasteiger partial charge in [0.15, 0.2) is 11.3 Å². The highest BCUT2D eigenvalue weighted by molar-refractivity contribution is 5.91. The van der Waals surface area contributed by atoms with E-state index in [9.17, 15) is 4.79 Å². The van der Waals surface area contributed by atoms with Gasteiger partial charge in [0.05, 0.1) is 5.69 Å². The maximum absolute atomic E-state index is 10.9. The standard InChI is InChI=1S/C10H9N3O2/c14-10(15)8-9-12-7(6-1-2-6)5-13(9)4-3-11-8/h3-6H,1-2H2,(H,14,15). The van der Waals surface area contributed by atoms with E-state index < -0.39 is 5.97 Å². The van der Waals surface area contributed by atoms with Crippen LogP contribution in [0.25, 0.3) is 5.65 Å². The number of hydrogen-bond donors (Lipinski definition) is 1. The summed E-state index contributed by atoms with van der Waals surface area (Å²) < 4.78 is 1.73. The molecule has 0 amide bonds. The Bertz CT molecular complexity index is 543. The molecule has 15 heavy (non-hydrogen) atoms. The van der Waals surface area contributed by atoms with E-state index in [2.05, 4.69) is 9.97 Å². The second kappa shape index (κ2) is 2.79. The highest BCUT2D eigenvalue weighted by atomic mass is 16.4. The van der Waals surface area contributed by atoms with Crippen LogP contribution in [0.15, 0.2) is 18.6 Å². The molecule has 1 fully saturated rings. The number of imidazole rings is 1. The summed E-state index contributed by atoms with van der Waals surface area (Å²) in [6.07, 6.45) is 7.40. The van der Waals surface area contributed by atoms with Crippen molar-refractivity contribution in [1.82, 2.24) is 14.4 Å².